The first-order valence-electron chi connectivity index (χ1n) is 7.44. The first kappa shape index (κ1) is 13.8. The van der Waals surface area contributed by atoms with Crippen LogP contribution in [0.15, 0.2) is 24.3 Å². The molecule has 2 fully saturated rings. The van der Waals surface area contributed by atoms with E-state index in [0.29, 0.717) is 0 Å². The van der Waals surface area contributed by atoms with Crippen molar-refractivity contribution in [1.29, 1.82) is 0 Å². The lowest BCUT2D eigenvalue weighted by Crippen LogP contribution is -2.29. The lowest BCUT2D eigenvalue weighted by atomic mass is 9.83. The summed E-state index contributed by atoms with van der Waals surface area (Å²) in [5.74, 6) is 0. The van der Waals surface area contributed by atoms with Gasteiger partial charge in [0, 0.05) is 0 Å². The summed E-state index contributed by atoms with van der Waals surface area (Å²) in [6.45, 7) is 0. The quantitative estimate of drug-likeness (QED) is 0.753. The molecular formula is C16H26O2. The Morgan fingerprint density at radius 2 is 0.889 bits per heavy atom. The zero-order valence-electron chi connectivity index (χ0n) is 11.3. The molecule has 0 radical (unpaired) electrons. The molecule has 18 heavy (non-hydrogen) atoms. The van der Waals surface area contributed by atoms with E-state index in [2.05, 4.69) is 0 Å². The van der Waals surface area contributed by atoms with E-state index in [1.54, 1.807) is 0 Å². The normalized spacial score (nSPS) is 27.9. The van der Waals surface area contributed by atoms with Crippen LogP contribution in [0.4, 0.5) is 0 Å². The van der Waals surface area contributed by atoms with Crippen molar-refractivity contribution in [2.24, 2.45) is 0 Å². The van der Waals surface area contributed by atoms with E-state index in [1.165, 1.54) is 12.8 Å². The molecule has 0 spiro atoms. The Morgan fingerprint density at radius 3 is 1.22 bits per heavy atom. The Labute approximate surface area is 110 Å². The third-order valence-electron chi connectivity index (χ3n) is 4.36. The topological polar surface area (TPSA) is 40.5 Å². The third-order valence-corrected chi connectivity index (χ3v) is 4.36. The van der Waals surface area contributed by atoms with Crippen LogP contribution < -0.4 is 0 Å². The summed E-state index contributed by atoms with van der Waals surface area (Å²) < 4.78 is 0. The van der Waals surface area contributed by atoms with Gasteiger partial charge in [-0.05, 0) is 25.7 Å². The highest BCUT2D eigenvalue weighted by Gasteiger charge is 2.26. The Bertz CT molecular complexity index is 273. The van der Waals surface area contributed by atoms with Gasteiger partial charge in [-0.1, -0.05) is 62.8 Å². The molecule has 2 N–H and O–H groups in total. The maximum absolute atomic E-state index is 10.3. The Balaban J connectivity index is 1.85. The lowest BCUT2D eigenvalue weighted by molar-refractivity contribution is 0.0498. The van der Waals surface area contributed by atoms with E-state index in [1.807, 2.05) is 24.3 Å². The van der Waals surface area contributed by atoms with Gasteiger partial charge in [0.2, 0.25) is 0 Å². The van der Waals surface area contributed by atoms with Crippen LogP contribution >= 0.6 is 0 Å². The number of rotatable bonds is 3. The molecule has 0 heterocycles. The van der Waals surface area contributed by atoms with Gasteiger partial charge >= 0.3 is 0 Å². The van der Waals surface area contributed by atoms with Crippen molar-refractivity contribution in [1.82, 2.24) is 0 Å². The maximum Gasteiger partial charge on any atom is 0.0830 e. The van der Waals surface area contributed by atoms with Gasteiger partial charge in [0.15, 0.2) is 0 Å². The molecule has 0 aromatic rings. The van der Waals surface area contributed by atoms with Crippen molar-refractivity contribution >= 4 is 0 Å². The summed E-state index contributed by atoms with van der Waals surface area (Å²) in [4.78, 5) is 0. The first-order chi connectivity index (χ1) is 8.62. The first-order valence-corrected chi connectivity index (χ1v) is 7.44. The van der Waals surface area contributed by atoms with Crippen LogP contribution in [0.3, 0.4) is 0 Å². The highest BCUT2D eigenvalue weighted by atomic mass is 16.3. The molecule has 2 aliphatic rings. The van der Waals surface area contributed by atoms with Gasteiger partial charge in [-0.3, -0.25) is 0 Å². The second kappa shape index (κ2) is 6.03. The van der Waals surface area contributed by atoms with E-state index in [9.17, 15) is 10.2 Å². The number of hydrogen-bond acceptors (Lipinski definition) is 2. The number of allylic oxidation sites excluding steroid dienone is 2. The summed E-state index contributed by atoms with van der Waals surface area (Å²) in [7, 11) is 0. The van der Waals surface area contributed by atoms with Crippen LogP contribution in [0.5, 0.6) is 0 Å². The van der Waals surface area contributed by atoms with E-state index in [-0.39, 0.29) is 0 Å². The molecule has 2 aliphatic carbocycles. The van der Waals surface area contributed by atoms with Crippen LogP contribution in [-0.2, 0) is 0 Å². The zero-order valence-corrected chi connectivity index (χ0v) is 11.3. The fourth-order valence-corrected chi connectivity index (χ4v) is 3.13. The monoisotopic (exact) mass is 250 g/mol. The van der Waals surface area contributed by atoms with Crippen LogP contribution in [0, 0.1) is 0 Å². The van der Waals surface area contributed by atoms with E-state index < -0.39 is 11.2 Å². The minimum absolute atomic E-state index is 0.599. The second-order valence-corrected chi connectivity index (χ2v) is 6.05. The molecule has 2 heteroatoms. The molecule has 0 atom stereocenters. The molecule has 0 aliphatic heterocycles. The minimum Gasteiger partial charge on any atom is -0.386 e. The second-order valence-electron chi connectivity index (χ2n) is 6.05. The van der Waals surface area contributed by atoms with Crippen molar-refractivity contribution in [3.05, 3.63) is 24.3 Å². The van der Waals surface area contributed by atoms with Crippen molar-refractivity contribution in [2.45, 2.75) is 75.4 Å². The summed E-state index contributed by atoms with van der Waals surface area (Å²) in [6.07, 6.45) is 18.1. The highest BCUT2D eigenvalue weighted by Crippen LogP contribution is 2.30. The Kier molecular flexibility index (Phi) is 4.63. The van der Waals surface area contributed by atoms with Crippen molar-refractivity contribution in [2.75, 3.05) is 0 Å². The van der Waals surface area contributed by atoms with Crippen LogP contribution in [0.2, 0.25) is 0 Å². The largest absolute Gasteiger partial charge is 0.386 e. The van der Waals surface area contributed by atoms with Crippen molar-refractivity contribution in [3.63, 3.8) is 0 Å². The highest BCUT2D eigenvalue weighted by molar-refractivity contribution is 5.14. The molecule has 0 unspecified atom stereocenters. The van der Waals surface area contributed by atoms with Crippen LogP contribution in [-0.4, -0.2) is 21.4 Å². The molecule has 102 valence electrons. The molecule has 0 saturated heterocycles. The van der Waals surface area contributed by atoms with Crippen molar-refractivity contribution < 1.29 is 10.2 Å². The fourth-order valence-electron chi connectivity index (χ4n) is 3.13. The molecule has 2 rings (SSSR count). The summed E-state index contributed by atoms with van der Waals surface area (Å²) >= 11 is 0. The molecule has 2 saturated carbocycles. The maximum atomic E-state index is 10.3. The van der Waals surface area contributed by atoms with Crippen molar-refractivity contribution in [3.8, 4) is 0 Å². The van der Waals surface area contributed by atoms with Gasteiger partial charge < -0.3 is 10.2 Å². The number of aliphatic hydroxyl groups is 2. The Morgan fingerprint density at radius 1 is 0.556 bits per heavy atom. The SMILES string of the molecule is OC1(C=CC=CC2(O)CCCCC2)CCCCC1. The molecule has 0 aromatic heterocycles. The Hall–Kier alpha value is -0.600. The van der Waals surface area contributed by atoms with Crippen LogP contribution in [0.1, 0.15) is 64.2 Å². The molecule has 0 aromatic carbocycles. The van der Waals surface area contributed by atoms with Gasteiger partial charge in [-0.25, -0.2) is 0 Å². The fraction of sp³-hybridized carbons (Fsp3) is 0.750. The average molecular weight is 250 g/mol. The average Bonchev–Trinajstić information content (AvgIpc) is 2.37. The predicted octanol–water partition coefficient (Wildman–Crippen LogP) is 3.49. The summed E-state index contributed by atoms with van der Waals surface area (Å²) in [6, 6.07) is 0. The minimum atomic E-state index is -0.599. The number of hydrogen-bond donors (Lipinski definition) is 2. The smallest absolute Gasteiger partial charge is 0.0830 e. The third kappa shape index (κ3) is 3.96. The van der Waals surface area contributed by atoms with E-state index in [4.69, 9.17) is 0 Å². The van der Waals surface area contributed by atoms with Crippen LogP contribution in [0.25, 0.3) is 0 Å². The van der Waals surface area contributed by atoms with Gasteiger partial charge in [0.1, 0.15) is 0 Å². The van der Waals surface area contributed by atoms with E-state index >= 15 is 0 Å². The molecule has 0 amide bonds. The molecule has 2 nitrogen and oxygen atoms in total. The van der Waals surface area contributed by atoms with E-state index in [0.717, 1.165) is 51.4 Å². The van der Waals surface area contributed by atoms with Gasteiger partial charge in [0.05, 0.1) is 11.2 Å². The summed E-state index contributed by atoms with van der Waals surface area (Å²) in [5.41, 5.74) is -1.20. The lowest BCUT2D eigenvalue weighted by Gasteiger charge is -2.29. The summed E-state index contributed by atoms with van der Waals surface area (Å²) in [5, 5.41) is 20.6. The predicted molar refractivity (Wildman–Crippen MR) is 74.3 cm³/mol. The van der Waals surface area contributed by atoms with Gasteiger partial charge in [-0.15, -0.1) is 0 Å². The van der Waals surface area contributed by atoms with Gasteiger partial charge in [-0.2, -0.15) is 0 Å². The zero-order chi connectivity index (χ0) is 12.9. The van der Waals surface area contributed by atoms with Gasteiger partial charge in [0.25, 0.3) is 0 Å². The molecular weight excluding hydrogens is 224 g/mol. The standard InChI is InChI=1S/C16H26O2/c17-15(9-3-1-4-10-15)13-7-8-14-16(18)11-5-2-6-12-16/h7-8,13-14,17-18H,1-6,9-12H2. The molecule has 0 bridgehead atoms.